The van der Waals surface area contributed by atoms with E-state index in [1.165, 1.54) is 170 Å². The van der Waals surface area contributed by atoms with Gasteiger partial charge in [-0.25, -0.2) is 0 Å². The molecule has 0 N–H and O–H groups in total. The molecule has 0 aromatic rings. The highest BCUT2D eigenvalue weighted by Gasteiger charge is 2.40. The summed E-state index contributed by atoms with van der Waals surface area (Å²) >= 11 is 0. The average Bonchev–Trinajstić information content (AvgIpc) is 2.81. The van der Waals surface area contributed by atoms with Crippen molar-refractivity contribution in [3.63, 3.8) is 0 Å². The van der Waals surface area contributed by atoms with Crippen LogP contribution in [-0.4, -0.2) is 56.4 Å². The topological polar surface area (TPSA) is 0 Å². The third kappa shape index (κ3) is 19.7. The smallest absolute Gasteiger partial charge is 0.215 e. The highest BCUT2D eigenvalue weighted by molar-refractivity contribution is 4.55. The van der Waals surface area contributed by atoms with Gasteiger partial charge in [0.25, 0.3) is 0 Å². The van der Waals surface area contributed by atoms with Crippen molar-refractivity contribution in [3.05, 3.63) is 0 Å². The summed E-state index contributed by atoms with van der Waals surface area (Å²) in [6.45, 7) is 9.66. The predicted octanol–water partition coefficient (Wildman–Crippen LogP) is 10.5. The quantitative estimate of drug-likeness (QED) is 0.0602. The van der Waals surface area contributed by atoms with E-state index in [2.05, 4.69) is 49.0 Å². The molecular weight excluding hydrogens is 424 g/mol. The minimum Gasteiger partial charge on any atom is -0.280 e. The highest BCUT2D eigenvalue weighted by Crippen LogP contribution is 2.25. The first kappa shape index (κ1) is 34.9. The molecule has 0 aromatic heterocycles. The lowest BCUT2D eigenvalue weighted by atomic mass is 10.0. The average molecular weight is 497 g/mol. The molecule has 0 saturated heterocycles. The van der Waals surface area contributed by atoms with Crippen molar-refractivity contribution < 1.29 is 8.97 Å². The standard InChI is InChI=1S/C33H72N2/c1-8-11-14-17-20-21-22-23-24-27-30-33(34(4,5)31-28-25-18-15-12-9-2)35(6,7)32-29-26-19-16-13-10-3/h33H,8-32H2,1-7H3/q+2. The SMILES string of the molecule is CCCCCCCCCCCCC([N+](C)(C)CCCCCCCC)[N+](C)(C)CCCCCCCC. The Bertz CT molecular complexity index is 401. The molecule has 35 heavy (non-hydrogen) atoms. The fourth-order valence-corrected chi connectivity index (χ4v) is 6.26. The van der Waals surface area contributed by atoms with E-state index in [0.717, 1.165) is 6.17 Å². The van der Waals surface area contributed by atoms with Crippen molar-refractivity contribution >= 4 is 0 Å². The maximum absolute atomic E-state index is 2.55. The Labute approximate surface area is 224 Å². The van der Waals surface area contributed by atoms with Gasteiger partial charge in [-0.05, 0) is 32.1 Å². The van der Waals surface area contributed by atoms with Gasteiger partial charge in [0.05, 0.1) is 47.7 Å². The van der Waals surface area contributed by atoms with Crippen LogP contribution >= 0.6 is 0 Å². The van der Waals surface area contributed by atoms with Crippen LogP contribution in [0.4, 0.5) is 0 Å². The van der Waals surface area contributed by atoms with Gasteiger partial charge in [0, 0.05) is 0 Å². The lowest BCUT2D eigenvalue weighted by molar-refractivity contribution is -1.10. The van der Waals surface area contributed by atoms with E-state index in [4.69, 9.17) is 0 Å². The molecule has 2 nitrogen and oxygen atoms in total. The van der Waals surface area contributed by atoms with E-state index in [9.17, 15) is 0 Å². The van der Waals surface area contributed by atoms with Gasteiger partial charge in [-0.15, -0.1) is 0 Å². The minimum absolute atomic E-state index is 0.746. The number of nitrogens with zero attached hydrogens (tertiary/aromatic N) is 2. The number of hydrogen-bond acceptors (Lipinski definition) is 0. The largest absolute Gasteiger partial charge is 0.280 e. The Morgan fingerprint density at radius 1 is 0.343 bits per heavy atom. The van der Waals surface area contributed by atoms with Crippen molar-refractivity contribution in [2.24, 2.45) is 0 Å². The molecule has 0 bridgehead atoms. The Morgan fingerprint density at radius 2 is 0.600 bits per heavy atom. The molecule has 0 atom stereocenters. The Kier molecular flexibility index (Phi) is 23.0. The van der Waals surface area contributed by atoms with Crippen LogP contribution in [0, 0.1) is 0 Å². The van der Waals surface area contributed by atoms with Crippen LogP contribution in [0.15, 0.2) is 0 Å². The predicted molar refractivity (Wildman–Crippen MR) is 161 cm³/mol. The third-order valence-corrected chi connectivity index (χ3v) is 8.61. The first-order chi connectivity index (χ1) is 16.8. The minimum atomic E-state index is 0.746. The molecule has 0 radical (unpaired) electrons. The molecule has 0 aliphatic carbocycles. The molecule has 0 aliphatic heterocycles. The van der Waals surface area contributed by atoms with Gasteiger partial charge in [-0.2, -0.15) is 0 Å². The molecule has 0 heterocycles. The normalized spacial score (nSPS) is 12.7. The molecule has 2 heteroatoms. The lowest BCUT2D eigenvalue weighted by Crippen LogP contribution is -2.64. The van der Waals surface area contributed by atoms with Gasteiger partial charge in [-0.3, -0.25) is 8.97 Å². The van der Waals surface area contributed by atoms with E-state index in [-0.39, 0.29) is 0 Å². The molecule has 0 aliphatic rings. The van der Waals surface area contributed by atoms with Crippen LogP contribution in [0.2, 0.25) is 0 Å². The second-order valence-electron chi connectivity index (χ2n) is 13.0. The summed E-state index contributed by atoms with van der Waals surface area (Å²) in [5.41, 5.74) is 0. The summed E-state index contributed by atoms with van der Waals surface area (Å²) < 4.78 is 2.43. The van der Waals surface area contributed by atoms with Crippen LogP contribution in [0.25, 0.3) is 0 Å². The fraction of sp³-hybridized carbons (Fsp3) is 1.00. The number of rotatable bonds is 27. The molecule has 212 valence electrons. The Morgan fingerprint density at radius 3 is 0.914 bits per heavy atom. The van der Waals surface area contributed by atoms with Gasteiger partial charge < -0.3 is 0 Å². The van der Waals surface area contributed by atoms with Crippen molar-refractivity contribution in [2.75, 3.05) is 41.3 Å². The molecule has 0 fully saturated rings. The third-order valence-electron chi connectivity index (χ3n) is 8.61. The molecule has 0 aromatic carbocycles. The van der Waals surface area contributed by atoms with Crippen molar-refractivity contribution in [3.8, 4) is 0 Å². The fourth-order valence-electron chi connectivity index (χ4n) is 6.26. The van der Waals surface area contributed by atoms with Crippen LogP contribution in [0.5, 0.6) is 0 Å². The summed E-state index contributed by atoms with van der Waals surface area (Å²) in [4.78, 5) is 0. The zero-order chi connectivity index (χ0) is 26.3. The van der Waals surface area contributed by atoms with Gasteiger partial charge >= 0.3 is 0 Å². The molecule has 0 saturated carbocycles. The van der Waals surface area contributed by atoms with Gasteiger partial charge in [0.15, 0.2) is 0 Å². The Balaban J connectivity index is 4.60. The van der Waals surface area contributed by atoms with Crippen LogP contribution in [-0.2, 0) is 0 Å². The van der Waals surface area contributed by atoms with Gasteiger partial charge in [0.2, 0.25) is 6.17 Å². The lowest BCUT2D eigenvalue weighted by Gasteiger charge is -2.47. The monoisotopic (exact) mass is 497 g/mol. The molecule has 0 spiro atoms. The molecule has 0 amide bonds. The summed E-state index contributed by atoms with van der Waals surface area (Å²) in [7, 11) is 10.2. The number of hydrogen-bond donors (Lipinski definition) is 0. The van der Waals surface area contributed by atoms with Crippen molar-refractivity contribution in [1.29, 1.82) is 0 Å². The summed E-state index contributed by atoms with van der Waals surface area (Å²) in [5, 5.41) is 0. The van der Waals surface area contributed by atoms with Crippen molar-refractivity contribution in [1.82, 2.24) is 0 Å². The van der Waals surface area contributed by atoms with E-state index < -0.39 is 0 Å². The molecular formula is C33H72N2+2. The number of unbranched alkanes of at least 4 members (excludes halogenated alkanes) is 19. The first-order valence-corrected chi connectivity index (χ1v) is 16.5. The Hall–Kier alpha value is -0.0800. The number of quaternary nitrogens is 2. The molecule has 0 rings (SSSR count). The van der Waals surface area contributed by atoms with E-state index >= 15 is 0 Å². The van der Waals surface area contributed by atoms with Gasteiger partial charge in [0.1, 0.15) is 0 Å². The van der Waals surface area contributed by atoms with Crippen LogP contribution in [0.1, 0.15) is 168 Å². The first-order valence-electron chi connectivity index (χ1n) is 16.5. The van der Waals surface area contributed by atoms with Crippen LogP contribution in [0.3, 0.4) is 0 Å². The zero-order valence-corrected chi connectivity index (χ0v) is 26.1. The zero-order valence-electron chi connectivity index (χ0n) is 26.1. The maximum Gasteiger partial charge on any atom is 0.215 e. The summed E-state index contributed by atoms with van der Waals surface area (Å²) in [6, 6.07) is 0. The van der Waals surface area contributed by atoms with E-state index in [1.807, 2.05) is 0 Å². The van der Waals surface area contributed by atoms with E-state index in [1.54, 1.807) is 0 Å². The summed E-state index contributed by atoms with van der Waals surface area (Å²) in [6.07, 6.45) is 33.5. The highest BCUT2D eigenvalue weighted by atomic mass is 15.5. The second kappa shape index (κ2) is 23.1. The molecule has 0 unspecified atom stereocenters. The van der Waals surface area contributed by atoms with Crippen LogP contribution < -0.4 is 0 Å². The van der Waals surface area contributed by atoms with Gasteiger partial charge in [-0.1, -0.05) is 130 Å². The maximum atomic E-state index is 2.55. The second-order valence-corrected chi connectivity index (χ2v) is 13.0. The van der Waals surface area contributed by atoms with Crippen molar-refractivity contribution in [2.45, 2.75) is 175 Å². The van der Waals surface area contributed by atoms with E-state index in [0.29, 0.717) is 0 Å². The summed E-state index contributed by atoms with van der Waals surface area (Å²) in [5.74, 6) is 0.